The van der Waals surface area contributed by atoms with Gasteiger partial charge in [-0.25, -0.2) is 0 Å². The van der Waals surface area contributed by atoms with E-state index >= 15 is 0 Å². The van der Waals surface area contributed by atoms with E-state index in [2.05, 4.69) is 4.99 Å². The fourth-order valence-corrected chi connectivity index (χ4v) is 1.23. The van der Waals surface area contributed by atoms with Crippen LogP contribution in [0.5, 0.6) is 0 Å². The number of halogens is 2. The van der Waals surface area contributed by atoms with E-state index in [1.807, 2.05) is 18.2 Å². The minimum atomic E-state index is -0.551. The van der Waals surface area contributed by atoms with Gasteiger partial charge in [0, 0.05) is 0 Å². The molecule has 1 aromatic carbocycles. The molecule has 14 heavy (non-hydrogen) atoms. The van der Waals surface area contributed by atoms with Crippen LogP contribution in [0.3, 0.4) is 0 Å². The second-order valence-electron chi connectivity index (χ2n) is 2.34. The van der Waals surface area contributed by atoms with E-state index in [-0.39, 0.29) is 5.17 Å². The first-order valence-corrected chi connectivity index (χ1v) is 5.87. The van der Waals surface area contributed by atoms with Crippen molar-refractivity contribution in [2.75, 3.05) is 0 Å². The molecule has 0 aromatic heterocycles. The maximum atomic E-state index is 10.8. The van der Waals surface area contributed by atoms with Crippen molar-refractivity contribution in [1.82, 2.24) is 0 Å². The van der Waals surface area contributed by atoms with Gasteiger partial charge >= 0.3 is 103 Å². The number of aliphatic imine (C=N–C) groups is 1. The van der Waals surface area contributed by atoms with Gasteiger partial charge in [-0.1, -0.05) is 0 Å². The van der Waals surface area contributed by atoms with Gasteiger partial charge in [0.05, 0.1) is 0 Å². The quantitative estimate of drug-likeness (QED) is 0.569. The fraction of sp³-hybridized carbons (Fsp3) is 0. The summed E-state index contributed by atoms with van der Waals surface area (Å²) in [6.07, 6.45) is 0. The number of hydrogen-bond donors (Lipinski definition) is 0. The van der Waals surface area contributed by atoms with Crippen LogP contribution < -0.4 is 0 Å². The monoisotopic (exact) mass is 397 g/mol. The molecular weight excluding hydrogens is 393 g/mol. The van der Waals surface area contributed by atoms with Crippen LogP contribution in [0, 0.1) is 0 Å². The van der Waals surface area contributed by atoms with Crippen LogP contribution in [0.2, 0.25) is 0 Å². The van der Waals surface area contributed by atoms with Gasteiger partial charge in [0.25, 0.3) is 0 Å². The first-order valence-electron chi connectivity index (χ1n) is 3.64. The molecule has 0 N–H and O–H groups in total. The maximum absolute atomic E-state index is 10.8. The van der Waals surface area contributed by atoms with E-state index in [0.717, 1.165) is 19.4 Å². The minimum absolute atomic E-state index is 0.159. The van der Waals surface area contributed by atoms with Crippen molar-refractivity contribution < 1.29 is 24.1 Å². The molecule has 1 aromatic rings. The summed E-state index contributed by atoms with van der Waals surface area (Å²) < 4.78 is 0.331. The summed E-state index contributed by atoms with van der Waals surface area (Å²) >= 11 is 12.0. The molecule has 5 heteroatoms. The molecule has 72 valence electrons. The molecule has 2 nitrogen and oxygen atoms in total. The third kappa shape index (κ3) is 3.45. The van der Waals surface area contributed by atoms with Crippen LogP contribution in [0.15, 0.2) is 35.3 Å². The van der Waals surface area contributed by atoms with Crippen LogP contribution in [-0.2, 0) is 24.1 Å². The zero-order chi connectivity index (χ0) is 10.6. The molecule has 0 amide bonds. The van der Waals surface area contributed by atoms with Crippen molar-refractivity contribution in [2.24, 2.45) is 4.99 Å². The summed E-state index contributed by atoms with van der Waals surface area (Å²) in [5, 5.41) is -0.393. The summed E-state index contributed by atoms with van der Waals surface area (Å²) in [5.41, 5.74) is 0.703. The van der Waals surface area contributed by atoms with Crippen LogP contribution in [-0.4, -0.2) is 14.3 Å². The number of carbonyl (C=O) groups is 1. The third-order valence-electron chi connectivity index (χ3n) is 1.35. The predicted molar refractivity (Wildman–Crippen MR) is 55.3 cm³/mol. The molecule has 1 rings (SSSR count). The van der Waals surface area contributed by atoms with E-state index in [1.165, 1.54) is 0 Å². The van der Waals surface area contributed by atoms with Gasteiger partial charge in [0.15, 0.2) is 0 Å². The zero-order valence-corrected chi connectivity index (χ0v) is 11.4. The number of carbonyl (C=O) groups excluding carboxylic acids is 1. The first-order chi connectivity index (χ1) is 6.61. The Kier molecular flexibility index (Phi) is 4.66. The molecular formula is C9H5Cl2NOW. The summed E-state index contributed by atoms with van der Waals surface area (Å²) in [5.74, 6) is 0. The molecule has 0 aliphatic rings. The van der Waals surface area contributed by atoms with Crippen LogP contribution in [0.4, 0.5) is 5.69 Å². The van der Waals surface area contributed by atoms with Crippen LogP contribution >= 0.6 is 23.2 Å². The average molecular weight is 398 g/mol. The predicted octanol–water partition coefficient (Wildman–Crippen LogP) is 2.44. The number of nitrogens with zero attached hydrogens (tertiary/aromatic N) is 1. The van der Waals surface area contributed by atoms with Crippen molar-refractivity contribution in [3.05, 3.63) is 30.3 Å². The summed E-state index contributed by atoms with van der Waals surface area (Å²) in [7, 11) is 0. The average Bonchev–Trinajstić information content (AvgIpc) is 2.18. The van der Waals surface area contributed by atoms with Crippen molar-refractivity contribution in [2.45, 2.75) is 0 Å². The van der Waals surface area contributed by atoms with Gasteiger partial charge in [0.1, 0.15) is 0 Å². The van der Waals surface area contributed by atoms with Crippen molar-refractivity contribution >= 4 is 43.2 Å². The summed E-state index contributed by atoms with van der Waals surface area (Å²) in [6, 6.07) is 9.15. The standard InChI is InChI=1S/C9H5Cl2NO.W/c10-8(6-9(11)13)12-7-4-2-1-3-5-7;/h1-5H;. The van der Waals surface area contributed by atoms with Gasteiger partial charge in [-0.15, -0.1) is 0 Å². The molecule has 0 aliphatic heterocycles. The molecule has 0 atom stereocenters. The van der Waals surface area contributed by atoms with Gasteiger partial charge in [-0.3, -0.25) is 0 Å². The normalized spacial score (nSPS) is 11.1. The summed E-state index contributed by atoms with van der Waals surface area (Å²) in [6.45, 7) is 0. The van der Waals surface area contributed by atoms with Gasteiger partial charge < -0.3 is 0 Å². The number of para-hydroxylation sites is 1. The third-order valence-corrected chi connectivity index (χ3v) is 4.07. The zero-order valence-electron chi connectivity index (χ0n) is 6.91. The van der Waals surface area contributed by atoms with E-state index in [1.54, 1.807) is 12.1 Å². The molecule has 0 radical (unpaired) electrons. The Morgan fingerprint density at radius 1 is 1.21 bits per heavy atom. The SMILES string of the molecule is O=C(Cl)[C](=[W])C(Cl)=Nc1ccccc1. The number of benzene rings is 1. The molecule has 0 fully saturated rings. The second-order valence-corrected chi connectivity index (χ2v) is 4.51. The van der Waals surface area contributed by atoms with E-state index in [9.17, 15) is 4.79 Å². The van der Waals surface area contributed by atoms with E-state index in [0.29, 0.717) is 9.59 Å². The van der Waals surface area contributed by atoms with Crippen molar-refractivity contribution in [1.29, 1.82) is 0 Å². The molecule has 0 saturated carbocycles. The fourth-order valence-electron chi connectivity index (χ4n) is 0.748. The Labute approximate surface area is 102 Å². The van der Waals surface area contributed by atoms with Crippen molar-refractivity contribution in [3.63, 3.8) is 0 Å². The van der Waals surface area contributed by atoms with E-state index in [4.69, 9.17) is 23.2 Å². The molecule has 0 heterocycles. The van der Waals surface area contributed by atoms with Gasteiger partial charge in [-0.2, -0.15) is 0 Å². The Morgan fingerprint density at radius 3 is 2.29 bits per heavy atom. The van der Waals surface area contributed by atoms with Crippen LogP contribution in [0.25, 0.3) is 0 Å². The van der Waals surface area contributed by atoms with E-state index < -0.39 is 5.24 Å². The second kappa shape index (κ2) is 5.55. The Morgan fingerprint density at radius 2 is 1.79 bits per heavy atom. The summed E-state index contributed by atoms with van der Waals surface area (Å²) in [4.78, 5) is 14.8. The van der Waals surface area contributed by atoms with Crippen LogP contribution in [0.1, 0.15) is 0 Å². The Balaban J connectivity index is 2.90. The van der Waals surface area contributed by atoms with Gasteiger partial charge in [0.2, 0.25) is 0 Å². The number of rotatable bonds is 3. The molecule has 0 saturated heterocycles. The first kappa shape index (κ1) is 11.8. The molecule has 0 spiro atoms. The number of hydrogen-bond acceptors (Lipinski definition) is 2. The topological polar surface area (TPSA) is 29.4 Å². The Bertz CT molecular complexity index is 389. The van der Waals surface area contributed by atoms with Gasteiger partial charge in [-0.05, 0) is 0 Å². The molecule has 0 aliphatic carbocycles. The molecule has 0 unspecified atom stereocenters. The molecule has 0 bridgehead atoms. The van der Waals surface area contributed by atoms with Crippen molar-refractivity contribution in [3.8, 4) is 0 Å². The Hall–Kier alpha value is -0.302.